The Labute approximate surface area is 221 Å². The van der Waals surface area contributed by atoms with E-state index in [1.807, 2.05) is 27.4 Å². The summed E-state index contributed by atoms with van der Waals surface area (Å²) in [7, 11) is 0. The van der Waals surface area contributed by atoms with Crippen LogP contribution in [0.1, 0.15) is 56.6 Å². The van der Waals surface area contributed by atoms with Crippen LogP contribution in [0.4, 0.5) is 0 Å². The van der Waals surface area contributed by atoms with Gasteiger partial charge in [-0.25, -0.2) is 0 Å². The van der Waals surface area contributed by atoms with Crippen molar-refractivity contribution < 1.29 is 4.42 Å². The lowest BCUT2D eigenvalue weighted by molar-refractivity contribution is 0.413. The molecule has 6 aromatic rings. The first-order valence-corrected chi connectivity index (χ1v) is 14.0. The van der Waals surface area contributed by atoms with Crippen LogP contribution in [0.5, 0.6) is 0 Å². The first-order chi connectivity index (χ1) is 19.1. The monoisotopic (exact) mass is 520 g/mol. The van der Waals surface area contributed by atoms with Gasteiger partial charge in [-0.2, -0.15) is 0 Å². The highest BCUT2D eigenvalue weighted by Crippen LogP contribution is 2.39. The number of hydrogen-bond donors (Lipinski definition) is 2. The summed E-state index contributed by atoms with van der Waals surface area (Å²) in [6, 6.07) is 12.9. The number of para-hydroxylation sites is 1. The van der Waals surface area contributed by atoms with Crippen LogP contribution < -0.4 is 16.5 Å². The Balaban J connectivity index is 1.54. The molecule has 1 fully saturated rings. The van der Waals surface area contributed by atoms with Gasteiger partial charge in [-0.3, -0.25) is 24.2 Å². The maximum Gasteiger partial charge on any atom is 0.274 e. The fourth-order valence-electron chi connectivity index (χ4n) is 7.00. The average Bonchev–Trinajstić information content (AvgIpc) is 3.32. The second kappa shape index (κ2) is 8.33. The van der Waals surface area contributed by atoms with Gasteiger partial charge in [0.15, 0.2) is 11.0 Å². The van der Waals surface area contributed by atoms with E-state index in [4.69, 9.17) is 4.42 Å². The molecule has 1 aliphatic heterocycles. The van der Waals surface area contributed by atoms with Gasteiger partial charge < -0.3 is 14.0 Å². The summed E-state index contributed by atoms with van der Waals surface area (Å²) in [4.78, 5) is 43.6. The van der Waals surface area contributed by atoms with E-state index in [1.54, 1.807) is 6.07 Å². The third-order valence-electron chi connectivity index (χ3n) is 8.79. The maximum absolute atomic E-state index is 14.2. The number of aryl methyl sites for hydroxylation is 2. The number of aromatic nitrogens is 4. The van der Waals surface area contributed by atoms with Gasteiger partial charge in [-0.1, -0.05) is 43.9 Å². The van der Waals surface area contributed by atoms with Crippen LogP contribution in [0, 0.1) is 0 Å². The number of nitrogens with zero attached hydrogens (tertiary/aromatic N) is 2. The number of fused-ring (bicyclic) bond motifs is 4. The number of furan rings is 1. The van der Waals surface area contributed by atoms with Crippen LogP contribution in [-0.4, -0.2) is 19.3 Å². The number of rotatable bonds is 2. The van der Waals surface area contributed by atoms with E-state index in [-0.39, 0.29) is 22.6 Å². The van der Waals surface area contributed by atoms with Gasteiger partial charge in [0.2, 0.25) is 0 Å². The molecular formula is C31H28N4O4. The standard InChI is InChI=1S/C31H28N4O4/c36-20-12-13-21-23(16-20)39-28-24(22-15-18-8-5-7-17-9-6-14-34(27(17)18)31(22)38)25-29(32-26(21)28)35(33-30(25)37)19-10-3-1-2-4-11-19/h5,7-8,12-13,15-16,19,32H,1-4,6,9-11,14H2,(H,33,37). The first-order valence-electron chi connectivity index (χ1n) is 14.0. The van der Waals surface area contributed by atoms with Crippen molar-refractivity contribution in [2.45, 2.75) is 64.0 Å². The van der Waals surface area contributed by atoms with E-state index in [1.165, 1.54) is 30.5 Å². The molecule has 2 aliphatic rings. The highest BCUT2D eigenvalue weighted by molar-refractivity contribution is 6.14. The minimum Gasteiger partial charge on any atom is -0.454 e. The van der Waals surface area contributed by atoms with Crippen LogP contribution in [-0.2, 0) is 13.0 Å². The second-order valence-corrected chi connectivity index (χ2v) is 11.1. The molecule has 196 valence electrons. The Bertz CT molecular complexity index is 2130. The predicted octanol–water partition coefficient (Wildman–Crippen LogP) is 5.74. The highest BCUT2D eigenvalue weighted by atomic mass is 16.3. The zero-order valence-electron chi connectivity index (χ0n) is 21.5. The fraction of sp³-hybridized carbons (Fsp3) is 0.323. The van der Waals surface area contributed by atoms with Crippen molar-refractivity contribution in [3.63, 3.8) is 0 Å². The molecule has 0 atom stereocenters. The summed E-state index contributed by atoms with van der Waals surface area (Å²) in [6.07, 6.45) is 8.41. The summed E-state index contributed by atoms with van der Waals surface area (Å²) in [5.74, 6) is 0. The summed E-state index contributed by atoms with van der Waals surface area (Å²) in [5, 5.41) is 5.25. The van der Waals surface area contributed by atoms with E-state index >= 15 is 0 Å². The molecule has 5 heterocycles. The summed E-state index contributed by atoms with van der Waals surface area (Å²) in [6.45, 7) is 0.630. The third-order valence-corrected chi connectivity index (χ3v) is 8.79. The van der Waals surface area contributed by atoms with Gasteiger partial charge in [0.25, 0.3) is 11.1 Å². The summed E-state index contributed by atoms with van der Waals surface area (Å²) < 4.78 is 10.1. The van der Waals surface area contributed by atoms with E-state index < -0.39 is 0 Å². The predicted molar refractivity (Wildman–Crippen MR) is 153 cm³/mol. The Kier molecular flexibility index (Phi) is 4.84. The van der Waals surface area contributed by atoms with Crippen LogP contribution in [0.15, 0.2) is 61.3 Å². The number of H-pyrrole nitrogens is 2. The lowest BCUT2D eigenvalue weighted by Crippen LogP contribution is -2.26. The molecular weight excluding hydrogens is 492 g/mol. The molecule has 4 aromatic heterocycles. The Morgan fingerprint density at radius 2 is 1.77 bits per heavy atom. The van der Waals surface area contributed by atoms with Gasteiger partial charge >= 0.3 is 0 Å². The Morgan fingerprint density at radius 3 is 2.62 bits per heavy atom. The Morgan fingerprint density at radius 1 is 0.923 bits per heavy atom. The zero-order chi connectivity index (χ0) is 26.2. The molecule has 0 unspecified atom stereocenters. The van der Waals surface area contributed by atoms with Crippen LogP contribution in [0.3, 0.4) is 0 Å². The zero-order valence-corrected chi connectivity index (χ0v) is 21.5. The van der Waals surface area contributed by atoms with Crippen LogP contribution in [0.2, 0.25) is 0 Å². The first kappa shape index (κ1) is 22.6. The van der Waals surface area contributed by atoms with Crippen LogP contribution in [0.25, 0.3) is 55.1 Å². The van der Waals surface area contributed by atoms with Crippen molar-refractivity contribution in [2.75, 3.05) is 0 Å². The molecule has 2 aromatic carbocycles. The Hall–Kier alpha value is -4.33. The number of aromatic amines is 2. The SMILES string of the molecule is O=c1ccc2c(c1)oc1c(-c3cc4cccc5c4n(c3=O)CCC5)c3c(=O)[nH]n(C4CCCCCC4)c3[nH]c12. The minimum atomic E-state index is -0.251. The molecule has 8 nitrogen and oxygen atoms in total. The molecule has 1 aliphatic carbocycles. The minimum absolute atomic E-state index is 0.130. The molecule has 39 heavy (non-hydrogen) atoms. The summed E-state index contributed by atoms with van der Waals surface area (Å²) in [5.41, 5.74) is 4.73. The second-order valence-electron chi connectivity index (χ2n) is 11.1. The van der Waals surface area contributed by atoms with Crippen LogP contribution >= 0.6 is 0 Å². The lowest BCUT2D eigenvalue weighted by Gasteiger charge is -2.21. The molecule has 0 amide bonds. The van der Waals surface area contributed by atoms with Crippen molar-refractivity contribution in [3.05, 3.63) is 79.0 Å². The van der Waals surface area contributed by atoms with Gasteiger partial charge in [0.05, 0.1) is 28.0 Å². The van der Waals surface area contributed by atoms with Crippen molar-refractivity contribution in [1.29, 1.82) is 0 Å². The highest BCUT2D eigenvalue weighted by Gasteiger charge is 2.27. The molecule has 1 saturated carbocycles. The van der Waals surface area contributed by atoms with Gasteiger partial charge in [-0.05, 0) is 54.8 Å². The van der Waals surface area contributed by atoms with Crippen molar-refractivity contribution in [3.8, 4) is 11.1 Å². The van der Waals surface area contributed by atoms with E-state index in [2.05, 4.69) is 16.1 Å². The molecule has 2 N–H and O–H groups in total. The average molecular weight is 521 g/mol. The number of benzene rings is 2. The maximum atomic E-state index is 14.2. The van der Waals surface area contributed by atoms with Gasteiger partial charge in [-0.15, -0.1) is 0 Å². The summed E-state index contributed by atoms with van der Waals surface area (Å²) >= 11 is 0. The third kappa shape index (κ3) is 3.27. The largest absolute Gasteiger partial charge is 0.454 e. The van der Waals surface area contributed by atoms with Crippen molar-refractivity contribution >= 4 is 44.0 Å². The number of nitrogens with one attached hydrogen (secondary N) is 2. The molecule has 8 heteroatoms. The normalized spacial score (nSPS) is 16.5. The van der Waals surface area contributed by atoms with Gasteiger partial charge in [0.1, 0.15) is 11.2 Å². The number of hydrogen-bond acceptors (Lipinski definition) is 4. The molecule has 0 bridgehead atoms. The molecule has 0 spiro atoms. The topological polar surface area (TPSA) is 106 Å². The molecule has 0 saturated heterocycles. The quantitative estimate of drug-likeness (QED) is 0.284. The number of pyridine rings is 2. The van der Waals surface area contributed by atoms with Crippen molar-refractivity contribution in [1.82, 2.24) is 19.3 Å². The van der Waals surface area contributed by atoms with E-state index in [9.17, 15) is 14.4 Å². The molecule has 0 radical (unpaired) electrons. The van der Waals surface area contributed by atoms with Gasteiger partial charge in [0, 0.05) is 23.6 Å². The molecule has 8 rings (SSSR count). The lowest BCUT2D eigenvalue weighted by atomic mass is 9.96. The fourth-order valence-corrected chi connectivity index (χ4v) is 7.00. The van der Waals surface area contributed by atoms with E-state index in [0.29, 0.717) is 45.4 Å². The van der Waals surface area contributed by atoms with Crippen molar-refractivity contribution in [2.24, 2.45) is 0 Å². The smallest absolute Gasteiger partial charge is 0.274 e. The van der Waals surface area contributed by atoms with E-state index in [0.717, 1.165) is 54.8 Å².